The number of nitrogen functional groups attached to an aromatic ring is 1. The molecule has 1 rings (SSSR count). The average molecular weight is 183 g/mol. The molecule has 1 atom stereocenters. The smallest absolute Gasteiger partial charge is 0.240 e. The van der Waals surface area contributed by atoms with E-state index in [-0.39, 0.29) is 0 Å². The lowest BCUT2D eigenvalue weighted by atomic mass is 10.1. The van der Waals surface area contributed by atoms with Crippen LogP contribution in [0.2, 0.25) is 0 Å². The van der Waals surface area contributed by atoms with Crippen molar-refractivity contribution in [2.45, 2.75) is 45.6 Å². The molecule has 1 unspecified atom stereocenters. The molecule has 1 aromatic rings. The number of anilines is 1. The maximum absolute atomic E-state index is 5.57. The van der Waals surface area contributed by atoms with Crippen molar-refractivity contribution >= 4 is 5.95 Å². The summed E-state index contributed by atoms with van der Waals surface area (Å²) in [6.07, 6.45) is 4.78. The summed E-state index contributed by atoms with van der Waals surface area (Å²) in [5.74, 6) is 0.406. The zero-order chi connectivity index (χ0) is 9.68. The van der Waals surface area contributed by atoms with E-state index in [2.05, 4.69) is 29.4 Å². The molecule has 2 N–H and O–H groups in total. The fourth-order valence-electron chi connectivity index (χ4n) is 1.33. The Kier molecular flexibility index (Phi) is 3.67. The van der Waals surface area contributed by atoms with Crippen LogP contribution in [0.25, 0.3) is 0 Å². The van der Waals surface area contributed by atoms with Gasteiger partial charge in [-0.05, 0) is 23.8 Å². The van der Waals surface area contributed by atoms with Crippen molar-refractivity contribution in [3.05, 3.63) is 0 Å². The SMILES string of the molecule is CCCCCC(C)n1nnnc1N. The Morgan fingerprint density at radius 3 is 2.77 bits per heavy atom. The molecule has 74 valence electrons. The van der Waals surface area contributed by atoms with Gasteiger partial charge in [0.2, 0.25) is 5.95 Å². The molecule has 0 aliphatic heterocycles. The topological polar surface area (TPSA) is 69.6 Å². The van der Waals surface area contributed by atoms with Gasteiger partial charge < -0.3 is 5.73 Å². The van der Waals surface area contributed by atoms with Crippen molar-refractivity contribution in [1.29, 1.82) is 0 Å². The van der Waals surface area contributed by atoms with Gasteiger partial charge in [-0.1, -0.05) is 31.3 Å². The minimum atomic E-state index is 0.307. The number of rotatable bonds is 5. The van der Waals surface area contributed by atoms with E-state index in [1.54, 1.807) is 4.68 Å². The van der Waals surface area contributed by atoms with Gasteiger partial charge in [0.25, 0.3) is 0 Å². The predicted molar refractivity (Wildman–Crippen MR) is 51.1 cm³/mol. The van der Waals surface area contributed by atoms with Crippen LogP contribution in [0.15, 0.2) is 0 Å². The Bertz CT molecular complexity index is 244. The molecule has 1 aromatic heterocycles. The molecular formula is C8H17N5. The van der Waals surface area contributed by atoms with Crippen LogP contribution in [0.5, 0.6) is 0 Å². The molecule has 0 fully saturated rings. The van der Waals surface area contributed by atoms with Crippen molar-refractivity contribution in [3.8, 4) is 0 Å². The molecular weight excluding hydrogens is 166 g/mol. The number of hydrogen-bond acceptors (Lipinski definition) is 4. The first-order chi connectivity index (χ1) is 6.25. The van der Waals surface area contributed by atoms with Crippen molar-refractivity contribution in [2.24, 2.45) is 0 Å². The largest absolute Gasteiger partial charge is 0.367 e. The molecule has 1 heterocycles. The van der Waals surface area contributed by atoms with Crippen molar-refractivity contribution in [3.63, 3.8) is 0 Å². The van der Waals surface area contributed by atoms with Crippen LogP contribution in [-0.2, 0) is 0 Å². The first-order valence-corrected chi connectivity index (χ1v) is 4.79. The van der Waals surface area contributed by atoms with E-state index >= 15 is 0 Å². The number of hydrogen-bond donors (Lipinski definition) is 1. The summed E-state index contributed by atoms with van der Waals surface area (Å²) >= 11 is 0. The molecule has 5 nitrogen and oxygen atoms in total. The number of tetrazole rings is 1. The normalized spacial score (nSPS) is 13.1. The molecule has 0 aromatic carbocycles. The van der Waals surface area contributed by atoms with Crippen LogP contribution in [0.3, 0.4) is 0 Å². The second-order valence-electron chi connectivity index (χ2n) is 3.33. The summed E-state index contributed by atoms with van der Waals surface area (Å²) in [6, 6.07) is 0.307. The lowest BCUT2D eigenvalue weighted by Gasteiger charge is -2.10. The van der Waals surface area contributed by atoms with Crippen LogP contribution in [-0.4, -0.2) is 20.2 Å². The maximum Gasteiger partial charge on any atom is 0.240 e. The third-order valence-corrected chi connectivity index (χ3v) is 2.16. The van der Waals surface area contributed by atoms with Gasteiger partial charge in [-0.25, -0.2) is 4.68 Å². The van der Waals surface area contributed by atoms with Gasteiger partial charge in [-0.2, -0.15) is 0 Å². The van der Waals surface area contributed by atoms with Gasteiger partial charge in [0.15, 0.2) is 0 Å². The van der Waals surface area contributed by atoms with E-state index < -0.39 is 0 Å². The van der Waals surface area contributed by atoms with Crippen molar-refractivity contribution < 1.29 is 0 Å². The highest BCUT2D eigenvalue weighted by Crippen LogP contribution is 2.15. The van der Waals surface area contributed by atoms with E-state index in [0.717, 1.165) is 6.42 Å². The van der Waals surface area contributed by atoms with Gasteiger partial charge in [-0.15, -0.1) is 0 Å². The first kappa shape index (κ1) is 9.95. The summed E-state index contributed by atoms with van der Waals surface area (Å²) < 4.78 is 1.68. The van der Waals surface area contributed by atoms with Gasteiger partial charge >= 0.3 is 0 Å². The molecule has 0 aliphatic carbocycles. The number of nitrogens with two attached hydrogens (primary N) is 1. The van der Waals surface area contributed by atoms with Crippen molar-refractivity contribution in [2.75, 3.05) is 5.73 Å². The van der Waals surface area contributed by atoms with Gasteiger partial charge in [-0.3, -0.25) is 0 Å². The Balaban J connectivity index is 2.39. The third kappa shape index (κ3) is 2.68. The number of unbranched alkanes of at least 4 members (excludes halogenated alkanes) is 2. The standard InChI is InChI=1S/C8H17N5/c1-3-4-5-6-7(2)13-8(9)10-11-12-13/h7H,3-6H2,1-2H3,(H2,9,10,12). The second-order valence-corrected chi connectivity index (χ2v) is 3.33. The van der Waals surface area contributed by atoms with Crippen molar-refractivity contribution in [1.82, 2.24) is 20.2 Å². The third-order valence-electron chi connectivity index (χ3n) is 2.16. The van der Waals surface area contributed by atoms with E-state index in [0.29, 0.717) is 12.0 Å². The van der Waals surface area contributed by atoms with Crippen LogP contribution >= 0.6 is 0 Å². The van der Waals surface area contributed by atoms with E-state index in [4.69, 9.17) is 5.73 Å². The lowest BCUT2D eigenvalue weighted by Crippen LogP contribution is -2.10. The molecule has 0 aliphatic rings. The quantitative estimate of drug-likeness (QED) is 0.700. The summed E-state index contributed by atoms with van der Waals surface area (Å²) in [5, 5.41) is 11.0. The summed E-state index contributed by atoms with van der Waals surface area (Å²) in [7, 11) is 0. The molecule has 0 spiro atoms. The van der Waals surface area contributed by atoms with Gasteiger partial charge in [0.1, 0.15) is 0 Å². The molecule has 13 heavy (non-hydrogen) atoms. The molecule has 0 saturated heterocycles. The van der Waals surface area contributed by atoms with Gasteiger partial charge in [0.05, 0.1) is 6.04 Å². The molecule has 0 bridgehead atoms. The number of aromatic nitrogens is 4. The van der Waals surface area contributed by atoms with Crippen LogP contribution in [0.4, 0.5) is 5.95 Å². The fourth-order valence-corrected chi connectivity index (χ4v) is 1.33. The minimum Gasteiger partial charge on any atom is -0.367 e. The zero-order valence-electron chi connectivity index (χ0n) is 8.27. The highest BCUT2D eigenvalue weighted by molar-refractivity contribution is 5.10. The Morgan fingerprint density at radius 1 is 1.46 bits per heavy atom. The molecule has 0 saturated carbocycles. The average Bonchev–Trinajstić information content (AvgIpc) is 2.52. The second kappa shape index (κ2) is 4.79. The minimum absolute atomic E-state index is 0.307. The van der Waals surface area contributed by atoms with Crippen LogP contribution < -0.4 is 5.73 Å². The molecule has 5 heteroatoms. The highest BCUT2D eigenvalue weighted by Gasteiger charge is 2.09. The fraction of sp³-hybridized carbons (Fsp3) is 0.875. The van der Waals surface area contributed by atoms with Crippen LogP contribution in [0.1, 0.15) is 45.6 Å². The lowest BCUT2D eigenvalue weighted by molar-refractivity contribution is 0.433. The Morgan fingerprint density at radius 2 is 2.23 bits per heavy atom. The van der Waals surface area contributed by atoms with E-state index in [1.807, 2.05) is 0 Å². The molecule has 0 radical (unpaired) electrons. The van der Waals surface area contributed by atoms with E-state index in [1.165, 1.54) is 19.3 Å². The summed E-state index contributed by atoms with van der Waals surface area (Å²) in [6.45, 7) is 4.28. The summed E-state index contributed by atoms with van der Waals surface area (Å²) in [4.78, 5) is 0. The first-order valence-electron chi connectivity index (χ1n) is 4.79. The Labute approximate surface area is 78.3 Å². The van der Waals surface area contributed by atoms with E-state index in [9.17, 15) is 0 Å². The number of nitrogens with zero attached hydrogens (tertiary/aromatic N) is 4. The zero-order valence-corrected chi connectivity index (χ0v) is 8.27. The summed E-state index contributed by atoms with van der Waals surface area (Å²) in [5.41, 5.74) is 5.57. The predicted octanol–water partition coefficient (Wildman–Crippen LogP) is 1.40. The maximum atomic E-state index is 5.57. The molecule has 0 amide bonds. The monoisotopic (exact) mass is 183 g/mol. The van der Waals surface area contributed by atoms with Crippen LogP contribution in [0, 0.1) is 0 Å². The Hall–Kier alpha value is -1.13. The van der Waals surface area contributed by atoms with Gasteiger partial charge in [0, 0.05) is 0 Å². The highest BCUT2D eigenvalue weighted by atomic mass is 15.6.